The maximum atomic E-state index is 2.84. The predicted octanol–water partition coefficient (Wildman–Crippen LogP) is 2.98. The van der Waals surface area contributed by atoms with Crippen LogP contribution < -0.4 is 0 Å². The lowest BCUT2D eigenvalue weighted by atomic mass is 9.91. The van der Waals surface area contributed by atoms with Gasteiger partial charge in [0.2, 0.25) is 0 Å². The third-order valence-electron chi connectivity index (χ3n) is 2.21. The largest absolute Gasteiger partial charge is 0.114 e. The van der Waals surface area contributed by atoms with Crippen molar-refractivity contribution in [3.8, 4) is 0 Å². The van der Waals surface area contributed by atoms with Gasteiger partial charge in [0.15, 0.2) is 0 Å². The van der Waals surface area contributed by atoms with Gasteiger partial charge >= 0.3 is 0 Å². The van der Waals surface area contributed by atoms with Gasteiger partial charge in [0.05, 0.1) is 0 Å². The molecule has 0 aromatic rings. The van der Waals surface area contributed by atoms with Crippen LogP contribution in [-0.4, -0.2) is 5.16 Å². The Hall–Kier alpha value is 0.340. The maximum Gasteiger partial charge on any atom is 0.0125 e. The standard InChI is InChI=1S/C8H14P2/c1-7-5-3-4-6-8(7,2)10-9/h3-7,10H,9H2,1-2H3/t7-,8-/m1/s1. The summed E-state index contributed by atoms with van der Waals surface area (Å²) in [5.41, 5.74) is 0. The Balaban J connectivity index is 2.77. The second-order valence-corrected chi connectivity index (χ2v) is 5.19. The lowest BCUT2D eigenvalue weighted by Crippen LogP contribution is -2.23. The summed E-state index contributed by atoms with van der Waals surface area (Å²) in [6.45, 7) is 4.58. The fourth-order valence-corrected chi connectivity index (χ4v) is 2.65. The second-order valence-electron chi connectivity index (χ2n) is 2.96. The van der Waals surface area contributed by atoms with Crippen molar-refractivity contribution < 1.29 is 0 Å². The molecule has 0 radical (unpaired) electrons. The second kappa shape index (κ2) is 3.16. The van der Waals surface area contributed by atoms with Gasteiger partial charge in [-0.25, -0.2) is 0 Å². The normalized spacial score (nSPS) is 39.7. The average molecular weight is 172 g/mol. The zero-order chi connectivity index (χ0) is 7.61. The summed E-state index contributed by atoms with van der Waals surface area (Å²) < 4.78 is 0. The Bertz CT molecular complexity index is 172. The topological polar surface area (TPSA) is 0 Å². The van der Waals surface area contributed by atoms with Gasteiger partial charge in [0.1, 0.15) is 0 Å². The fourth-order valence-electron chi connectivity index (χ4n) is 1.02. The number of allylic oxidation sites excluding steroid dienone is 4. The molecule has 0 heterocycles. The molecule has 0 aromatic carbocycles. The first-order valence-electron chi connectivity index (χ1n) is 3.53. The molecule has 0 bridgehead atoms. The van der Waals surface area contributed by atoms with E-state index in [-0.39, 0.29) is 0 Å². The molecule has 2 unspecified atom stereocenters. The predicted molar refractivity (Wildman–Crippen MR) is 53.9 cm³/mol. The first-order valence-corrected chi connectivity index (χ1v) is 6.34. The number of hydrogen-bond acceptors (Lipinski definition) is 0. The van der Waals surface area contributed by atoms with Gasteiger partial charge in [-0.3, -0.25) is 0 Å². The van der Waals surface area contributed by atoms with Crippen LogP contribution in [-0.2, 0) is 0 Å². The summed E-state index contributed by atoms with van der Waals surface area (Å²) in [4.78, 5) is 0. The molecule has 0 nitrogen and oxygen atoms in total. The Labute approximate surface area is 67.0 Å². The van der Waals surface area contributed by atoms with Crippen LogP contribution in [0.2, 0.25) is 0 Å². The van der Waals surface area contributed by atoms with E-state index in [1.165, 1.54) is 0 Å². The van der Waals surface area contributed by atoms with E-state index >= 15 is 0 Å². The molecule has 0 N–H and O–H groups in total. The van der Waals surface area contributed by atoms with Crippen LogP contribution in [0.1, 0.15) is 13.8 Å². The van der Waals surface area contributed by atoms with Crippen LogP contribution in [0, 0.1) is 5.92 Å². The molecule has 1 aliphatic rings. The molecule has 0 aliphatic heterocycles. The Morgan fingerprint density at radius 2 is 2.20 bits per heavy atom. The average Bonchev–Trinajstić information content (AvgIpc) is 1.96. The van der Waals surface area contributed by atoms with Crippen molar-refractivity contribution in [2.75, 3.05) is 0 Å². The van der Waals surface area contributed by atoms with Crippen molar-refractivity contribution in [2.24, 2.45) is 5.92 Å². The summed E-state index contributed by atoms with van der Waals surface area (Å²) in [5, 5.41) is 0.402. The molecule has 1 rings (SSSR count). The van der Waals surface area contributed by atoms with E-state index in [4.69, 9.17) is 0 Å². The van der Waals surface area contributed by atoms with Crippen molar-refractivity contribution in [2.45, 2.75) is 19.0 Å². The molecule has 10 heavy (non-hydrogen) atoms. The van der Waals surface area contributed by atoms with Gasteiger partial charge in [-0.05, 0) is 5.92 Å². The molecule has 1 aliphatic carbocycles. The summed E-state index contributed by atoms with van der Waals surface area (Å²) >= 11 is 0. The van der Waals surface area contributed by atoms with Crippen LogP contribution in [0.4, 0.5) is 0 Å². The molecule has 0 fully saturated rings. The van der Waals surface area contributed by atoms with Crippen molar-refractivity contribution >= 4 is 17.2 Å². The van der Waals surface area contributed by atoms with E-state index < -0.39 is 0 Å². The quantitative estimate of drug-likeness (QED) is 0.533. The van der Waals surface area contributed by atoms with Gasteiger partial charge in [0.25, 0.3) is 0 Å². The van der Waals surface area contributed by atoms with E-state index in [0.29, 0.717) is 11.1 Å². The SMILES string of the molecule is C[C@@H]1C=CC=C[C@@]1(C)PP. The zero-order valence-electron chi connectivity index (χ0n) is 6.46. The molecule has 56 valence electrons. The third-order valence-corrected chi connectivity index (χ3v) is 5.32. The van der Waals surface area contributed by atoms with Gasteiger partial charge in [-0.1, -0.05) is 46.4 Å². The molecule has 4 atom stereocenters. The van der Waals surface area contributed by atoms with E-state index in [9.17, 15) is 0 Å². The Morgan fingerprint density at radius 3 is 2.60 bits per heavy atom. The van der Waals surface area contributed by atoms with Crippen LogP contribution >= 0.6 is 17.2 Å². The fraction of sp³-hybridized carbons (Fsp3) is 0.500. The highest BCUT2D eigenvalue weighted by Gasteiger charge is 2.25. The number of hydrogen-bond donors (Lipinski definition) is 0. The smallest absolute Gasteiger partial charge is 0.0125 e. The maximum absolute atomic E-state index is 2.84. The van der Waals surface area contributed by atoms with Crippen molar-refractivity contribution in [3.63, 3.8) is 0 Å². The summed E-state index contributed by atoms with van der Waals surface area (Å²) in [5.74, 6) is 0.688. The van der Waals surface area contributed by atoms with Crippen LogP contribution in [0.3, 0.4) is 0 Å². The van der Waals surface area contributed by atoms with Gasteiger partial charge in [-0.2, -0.15) is 0 Å². The van der Waals surface area contributed by atoms with E-state index in [0.717, 1.165) is 8.27 Å². The molecule has 0 spiro atoms. The molecule has 0 saturated carbocycles. The van der Waals surface area contributed by atoms with Crippen molar-refractivity contribution in [1.82, 2.24) is 0 Å². The molecule has 0 amide bonds. The van der Waals surface area contributed by atoms with Crippen LogP contribution in [0.15, 0.2) is 24.3 Å². The molecular formula is C8H14P2. The van der Waals surface area contributed by atoms with Crippen LogP contribution in [0.25, 0.3) is 0 Å². The molecule has 0 aromatic heterocycles. The Morgan fingerprint density at radius 1 is 1.50 bits per heavy atom. The van der Waals surface area contributed by atoms with Gasteiger partial charge < -0.3 is 0 Å². The van der Waals surface area contributed by atoms with E-state index in [1.807, 2.05) is 0 Å². The van der Waals surface area contributed by atoms with Crippen molar-refractivity contribution in [3.05, 3.63) is 24.3 Å². The number of rotatable bonds is 1. The van der Waals surface area contributed by atoms with Gasteiger partial charge in [0, 0.05) is 5.16 Å². The lowest BCUT2D eigenvalue weighted by Gasteiger charge is -2.31. The zero-order valence-corrected chi connectivity index (χ0v) is 8.62. The lowest BCUT2D eigenvalue weighted by molar-refractivity contribution is 0.598. The summed E-state index contributed by atoms with van der Waals surface area (Å²) in [6.07, 6.45) is 8.87. The van der Waals surface area contributed by atoms with Gasteiger partial charge in [-0.15, -0.1) is 8.93 Å². The molecule has 2 heteroatoms. The van der Waals surface area contributed by atoms with E-state index in [1.54, 1.807) is 0 Å². The highest BCUT2D eigenvalue weighted by Crippen LogP contribution is 2.46. The third kappa shape index (κ3) is 1.49. The molecular weight excluding hydrogens is 158 g/mol. The van der Waals surface area contributed by atoms with E-state index in [2.05, 4.69) is 47.1 Å². The minimum atomic E-state index is 0.402. The Kier molecular flexibility index (Phi) is 2.67. The minimum absolute atomic E-state index is 0.402. The monoisotopic (exact) mass is 172 g/mol. The van der Waals surface area contributed by atoms with Crippen LogP contribution in [0.5, 0.6) is 0 Å². The highest BCUT2D eigenvalue weighted by atomic mass is 32.0. The highest BCUT2D eigenvalue weighted by molar-refractivity contribution is 8.03. The summed E-state index contributed by atoms with van der Waals surface area (Å²) in [7, 11) is 3.76. The first-order chi connectivity index (χ1) is 4.69. The molecule has 0 saturated heterocycles. The minimum Gasteiger partial charge on any atom is -0.114 e. The van der Waals surface area contributed by atoms with Crippen molar-refractivity contribution in [1.29, 1.82) is 0 Å². The first kappa shape index (κ1) is 8.44. The summed E-state index contributed by atoms with van der Waals surface area (Å²) in [6, 6.07) is 0.